The standard InChI is InChI=1S/C15H24FNO2/c1-5-15(18,6-2)11-17(3)10-12-7-8-14(19-4)13(16)9-12/h7-9,18H,5-6,10-11H2,1-4H3. The van der Waals surface area contributed by atoms with Gasteiger partial charge in [-0.05, 0) is 37.6 Å². The molecule has 0 unspecified atom stereocenters. The molecule has 0 amide bonds. The highest BCUT2D eigenvalue weighted by molar-refractivity contribution is 5.29. The molecule has 108 valence electrons. The molecule has 0 bridgehead atoms. The van der Waals surface area contributed by atoms with E-state index in [1.807, 2.05) is 31.9 Å². The Morgan fingerprint density at radius 3 is 2.42 bits per heavy atom. The molecule has 19 heavy (non-hydrogen) atoms. The average Bonchev–Trinajstić information content (AvgIpc) is 2.38. The van der Waals surface area contributed by atoms with Crippen LogP contribution in [-0.4, -0.2) is 36.3 Å². The predicted octanol–water partition coefficient (Wildman–Crippen LogP) is 2.82. The molecule has 0 radical (unpaired) electrons. The molecule has 0 atom stereocenters. The second kappa shape index (κ2) is 6.87. The fraction of sp³-hybridized carbons (Fsp3) is 0.600. The number of likely N-dealkylation sites (N-methyl/N-ethyl adjacent to an activating group) is 1. The second-order valence-corrected chi connectivity index (χ2v) is 5.07. The monoisotopic (exact) mass is 269 g/mol. The highest BCUT2D eigenvalue weighted by atomic mass is 19.1. The highest BCUT2D eigenvalue weighted by Crippen LogP contribution is 2.20. The van der Waals surface area contributed by atoms with E-state index in [-0.39, 0.29) is 11.6 Å². The fourth-order valence-corrected chi connectivity index (χ4v) is 2.15. The number of halogens is 1. The minimum absolute atomic E-state index is 0.255. The molecule has 1 aromatic carbocycles. The fourth-order valence-electron chi connectivity index (χ4n) is 2.15. The molecule has 4 heteroatoms. The van der Waals surface area contributed by atoms with Gasteiger partial charge in [-0.3, -0.25) is 4.90 Å². The van der Waals surface area contributed by atoms with Gasteiger partial charge in [-0.15, -0.1) is 0 Å². The molecule has 0 aliphatic heterocycles. The van der Waals surface area contributed by atoms with Gasteiger partial charge >= 0.3 is 0 Å². The van der Waals surface area contributed by atoms with Crippen molar-refractivity contribution >= 4 is 0 Å². The van der Waals surface area contributed by atoms with Crippen LogP contribution in [0.2, 0.25) is 0 Å². The normalized spacial score (nSPS) is 11.9. The lowest BCUT2D eigenvalue weighted by Gasteiger charge is -2.30. The first-order valence-corrected chi connectivity index (χ1v) is 6.67. The van der Waals surface area contributed by atoms with Gasteiger partial charge in [0.1, 0.15) is 0 Å². The van der Waals surface area contributed by atoms with E-state index in [2.05, 4.69) is 0 Å². The van der Waals surface area contributed by atoms with Crippen LogP contribution in [0.4, 0.5) is 4.39 Å². The summed E-state index contributed by atoms with van der Waals surface area (Å²) in [4.78, 5) is 2.01. The summed E-state index contributed by atoms with van der Waals surface area (Å²) in [6, 6.07) is 4.95. The number of ether oxygens (including phenoxy) is 1. The lowest BCUT2D eigenvalue weighted by atomic mass is 9.97. The Bertz CT molecular complexity index is 405. The number of hydrogen-bond acceptors (Lipinski definition) is 3. The van der Waals surface area contributed by atoms with Gasteiger partial charge in [0.25, 0.3) is 0 Å². The number of rotatable bonds is 7. The molecule has 0 spiro atoms. The smallest absolute Gasteiger partial charge is 0.165 e. The third kappa shape index (κ3) is 4.48. The highest BCUT2D eigenvalue weighted by Gasteiger charge is 2.24. The minimum atomic E-state index is -0.667. The maximum Gasteiger partial charge on any atom is 0.165 e. The zero-order valence-corrected chi connectivity index (χ0v) is 12.2. The zero-order valence-electron chi connectivity index (χ0n) is 12.2. The largest absolute Gasteiger partial charge is 0.494 e. The van der Waals surface area contributed by atoms with Gasteiger partial charge in [0.2, 0.25) is 0 Å². The third-order valence-electron chi connectivity index (χ3n) is 3.55. The van der Waals surface area contributed by atoms with Crippen LogP contribution in [0, 0.1) is 5.82 Å². The van der Waals surface area contributed by atoms with Crippen LogP contribution in [0.3, 0.4) is 0 Å². The van der Waals surface area contributed by atoms with Crippen molar-refractivity contribution in [3.05, 3.63) is 29.6 Å². The summed E-state index contributed by atoms with van der Waals surface area (Å²) in [5.41, 5.74) is 0.204. The van der Waals surface area contributed by atoms with Gasteiger partial charge in [-0.1, -0.05) is 19.9 Å². The topological polar surface area (TPSA) is 32.7 Å². The van der Waals surface area contributed by atoms with Crippen LogP contribution in [0.5, 0.6) is 5.75 Å². The van der Waals surface area contributed by atoms with Gasteiger partial charge in [0.15, 0.2) is 11.6 Å². The molecular formula is C15H24FNO2. The lowest BCUT2D eigenvalue weighted by Crippen LogP contribution is -2.40. The Labute approximate surface area is 115 Å². The molecular weight excluding hydrogens is 245 g/mol. The second-order valence-electron chi connectivity index (χ2n) is 5.07. The van der Waals surface area contributed by atoms with Crippen molar-refractivity contribution in [3.8, 4) is 5.75 Å². The van der Waals surface area contributed by atoms with Crippen LogP contribution in [-0.2, 0) is 6.54 Å². The van der Waals surface area contributed by atoms with E-state index in [0.717, 1.165) is 5.56 Å². The molecule has 0 saturated carbocycles. The van der Waals surface area contributed by atoms with E-state index in [1.165, 1.54) is 13.2 Å². The molecule has 3 nitrogen and oxygen atoms in total. The quantitative estimate of drug-likeness (QED) is 0.826. The van der Waals surface area contributed by atoms with Crippen molar-refractivity contribution in [2.45, 2.75) is 38.8 Å². The minimum Gasteiger partial charge on any atom is -0.494 e. The number of methoxy groups -OCH3 is 1. The Balaban J connectivity index is 2.67. The van der Waals surface area contributed by atoms with E-state index < -0.39 is 5.60 Å². The maximum atomic E-state index is 13.6. The summed E-state index contributed by atoms with van der Waals surface area (Å²) >= 11 is 0. The van der Waals surface area contributed by atoms with Crippen molar-refractivity contribution in [2.24, 2.45) is 0 Å². The van der Waals surface area contributed by atoms with Crippen molar-refractivity contribution in [1.82, 2.24) is 4.90 Å². The Morgan fingerprint density at radius 2 is 1.95 bits per heavy atom. The van der Waals surface area contributed by atoms with Crippen LogP contribution >= 0.6 is 0 Å². The number of hydrogen-bond donors (Lipinski definition) is 1. The molecule has 1 N–H and O–H groups in total. The number of nitrogens with zero attached hydrogens (tertiary/aromatic N) is 1. The molecule has 0 aromatic heterocycles. The molecule has 0 heterocycles. The van der Waals surface area contributed by atoms with Gasteiger partial charge in [-0.25, -0.2) is 4.39 Å². The van der Waals surface area contributed by atoms with Gasteiger partial charge < -0.3 is 9.84 Å². The SMILES string of the molecule is CCC(O)(CC)CN(C)Cc1ccc(OC)c(F)c1. The summed E-state index contributed by atoms with van der Waals surface area (Å²) < 4.78 is 18.5. The Hall–Kier alpha value is -1.13. The summed E-state index contributed by atoms with van der Waals surface area (Å²) in [6.07, 6.45) is 1.43. The molecule has 0 aliphatic rings. The van der Waals surface area contributed by atoms with Gasteiger partial charge in [0.05, 0.1) is 12.7 Å². The predicted molar refractivity (Wildman–Crippen MR) is 74.8 cm³/mol. The first-order chi connectivity index (χ1) is 8.94. The molecule has 0 saturated heterocycles. The van der Waals surface area contributed by atoms with Gasteiger partial charge in [0, 0.05) is 13.1 Å². The molecule has 0 fully saturated rings. The van der Waals surface area contributed by atoms with Crippen LogP contribution in [0.25, 0.3) is 0 Å². The van der Waals surface area contributed by atoms with E-state index in [4.69, 9.17) is 4.74 Å². The van der Waals surface area contributed by atoms with Gasteiger partial charge in [-0.2, -0.15) is 0 Å². The van der Waals surface area contributed by atoms with E-state index in [9.17, 15) is 9.50 Å². The maximum absolute atomic E-state index is 13.6. The van der Waals surface area contributed by atoms with Crippen molar-refractivity contribution in [3.63, 3.8) is 0 Å². The van der Waals surface area contributed by atoms with Crippen LogP contribution < -0.4 is 4.74 Å². The summed E-state index contributed by atoms with van der Waals surface area (Å²) in [6.45, 7) is 5.13. The summed E-state index contributed by atoms with van der Waals surface area (Å²) in [7, 11) is 3.38. The van der Waals surface area contributed by atoms with Crippen molar-refractivity contribution in [1.29, 1.82) is 0 Å². The first kappa shape index (κ1) is 15.9. The first-order valence-electron chi connectivity index (χ1n) is 6.67. The molecule has 1 rings (SSSR count). The molecule has 0 aliphatic carbocycles. The Morgan fingerprint density at radius 1 is 1.32 bits per heavy atom. The van der Waals surface area contributed by atoms with E-state index in [1.54, 1.807) is 6.07 Å². The van der Waals surface area contributed by atoms with E-state index in [0.29, 0.717) is 25.9 Å². The van der Waals surface area contributed by atoms with Crippen LogP contribution in [0.1, 0.15) is 32.3 Å². The zero-order chi connectivity index (χ0) is 14.5. The Kier molecular flexibility index (Phi) is 5.76. The summed E-state index contributed by atoms with van der Waals surface area (Å²) in [5.74, 6) is -0.0975. The number of benzene rings is 1. The average molecular weight is 269 g/mol. The van der Waals surface area contributed by atoms with E-state index >= 15 is 0 Å². The summed E-state index contributed by atoms with van der Waals surface area (Å²) in [5, 5.41) is 10.3. The van der Waals surface area contributed by atoms with Crippen molar-refractivity contribution in [2.75, 3.05) is 20.7 Å². The number of aliphatic hydroxyl groups is 1. The molecule has 1 aromatic rings. The third-order valence-corrected chi connectivity index (χ3v) is 3.55. The lowest BCUT2D eigenvalue weighted by molar-refractivity contribution is 0.00129. The van der Waals surface area contributed by atoms with Crippen molar-refractivity contribution < 1.29 is 14.2 Å². The van der Waals surface area contributed by atoms with Crippen LogP contribution in [0.15, 0.2) is 18.2 Å².